The summed E-state index contributed by atoms with van der Waals surface area (Å²) in [6, 6.07) is 8.44. The highest BCUT2D eigenvalue weighted by molar-refractivity contribution is 5.99. The zero-order valence-electron chi connectivity index (χ0n) is 11.3. The molecule has 1 amide bonds. The topological polar surface area (TPSA) is 112 Å². The lowest BCUT2D eigenvalue weighted by molar-refractivity contribution is 0.0622. The van der Waals surface area contributed by atoms with Gasteiger partial charge in [0.1, 0.15) is 0 Å². The van der Waals surface area contributed by atoms with Gasteiger partial charge < -0.3 is 4.74 Å². The molecule has 3 aromatic rings. The monoisotopic (exact) mass is 297 g/mol. The zero-order valence-corrected chi connectivity index (χ0v) is 11.3. The highest BCUT2D eigenvalue weighted by Crippen LogP contribution is 2.17. The van der Waals surface area contributed by atoms with Gasteiger partial charge in [0.05, 0.1) is 23.0 Å². The summed E-state index contributed by atoms with van der Waals surface area (Å²) in [5.41, 5.74) is 3.44. The molecule has 0 saturated carbocycles. The maximum atomic E-state index is 11.8. The fraction of sp³-hybridized carbons (Fsp3) is 0. The van der Waals surface area contributed by atoms with Crippen molar-refractivity contribution in [1.82, 2.24) is 20.2 Å². The van der Waals surface area contributed by atoms with E-state index in [0.717, 1.165) is 11.1 Å². The minimum absolute atomic E-state index is 0.224. The number of pyridine rings is 1. The van der Waals surface area contributed by atoms with E-state index in [0.29, 0.717) is 5.52 Å². The van der Waals surface area contributed by atoms with Crippen LogP contribution in [0.3, 0.4) is 0 Å². The Balaban J connectivity index is 1.94. The molecular formula is C14H11N5O3. The third-order valence-corrected chi connectivity index (χ3v) is 2.95. The highest BCUT2D eigenvalue weighted by Gasteiger charge is 2.13. The van der Waals surface area contributed by atoms with Gasteiger partial charge in [-0.25, -0.2) is 20.1 Å². The van der Waals surface area contributed by atoms with E-state index in [1.54, 1.807) is 46.9 Å². The van der Waals surface area contributed by atoms with Gasteiger partial charge >= 0.3 is 12.1 Å². The first-order valence-corrected chi connectivity index (χ1v) is 6.30. The molecule has 2 heterocycles. The van der Waals surface area contributed by atoms with Gasteiger partial charge in [-0.05, 0) is 30.3 Å². The molecule has 0 bridgehead atoms. The second kappa shape index (κ2) is 5.62. The van der Waals surface area contributed by atoms with Crippen molar-refractivity contribution in [3.05, 3.63) is 54.5 Å². The number of aromatic nitrogens is 3. The van der Waals surface area contributed by atoms with Gasteiger partial charge in [0.25, 0.3) is 0 Å². The molecule has 0 aliphatic rings. The molecule has 0 radical (unpaired) electrons. The minimum atomic E-state index is -1.02. The largest absolute Gasteiger partial charge is 0.429 e. The lowest BCUT2D eigenvalue weighted by atomic mass is 10.2. The van der Waals surface area contributed by atoms with Crippen LogP contribution in [0.15, 0.2) is 48.9 Å². The maximum Gasteiger partial charge on any atom is 0.429 e. The molecule has 0 aliphatic heterocycles. The molecule has 0 atom stereocenters. The zero-order chi connectivity index (χ0) is 15.5. The van der Waals surface area contributed by atoms with Crippen molar-refractivity contribution in [3.8, 4) is 5.69 Å². The summed E-state index contributed by atoms with van der Waals surface area (Å²) < 4.78 is 6.13. The third-order valence-electron chi connectivity index (χ3n) is 2.95. The number of hydrogen-bond acceptors (Lipinski definition) is 6. The predicted molar refractivity (Wildman–Crippen MR) is 77.0 cm³/mol. The average molecular weight is 297 g/mol. The Hall–Kier alpha value is -3.26. The lowest BCUT2D eigenvalue weighted by Crippen LogP contribution is -2.32. The number of hydrogen-bond donors (Lipinski definition) is 2. The molecule has 0 aliphatic carbocycles. The Bertz CT molecular complexity index is 844. The van der Waals surface area contributed by atoms with E-state index >= 15 is 0 Å². The molecule has 0 spiro atoms. The number of amides is 1. The third kappa shape index (κ3) is 2.63. The maximum absolute atomic E-state index is 11.8. The van der Waals surface area contributed by atoms with Crippen LogP contribution in [-0.2, 0) is 4.74 Å². The number of nitrogens with one attached hydrogen (secondary N) is 1. The van der Waals surface area contributed by atoms with Crippen molar-refractivity contribution in [2.75, 3.05) is 0 Å². The van der Waals surface area contributed by atoms with Crippen molar-refractivity contribution in [1.29, 1.82) is 0 Å². The molecule has 3 rings (SSSR count). The summed E-state index contributed by atoms with van der Waals surface area (Å²) in [4.78, 5) is 26.7. The number of benzene rings is 1. The Morgan fingerprint density at radius 1 is 1.27 bits per heavy atom. The lowest BCUT2D eigenvalue weighted by Gasteiger charge is -2.01. The molecular weight excluding hydrogens is 286 g/mol. The predicted octanol–water partition coefficient (Wildman–Crippen LogP) is 1.16. The standard InChI is InChI=1S/C14H11N5O3/c15-17-14(21)22-13(20)9-3-4-12-10(6-9)8-19(18-12)11-2-1-5-16-7-11/h1-8H,15H2,(H,17,21). The van der Waals surface area contributed by atoms with E-state index in [9.17, 15) is 9.59 Å². The van der Waals surface area contributed by atoms with Gasteiger partial charge in [-0.2, -0.15) is 5.10 Å². The molecule has 8 heteroatoms. The summed E-state index contributed by atoms with van der Waals surface area (Å²) >= 11 is 0. The number of carbonyl (C=O) groups is 2. The van der Waals surface area contributed by atoms with Crippen LogP contribution in [0.2, 0.25) is 0 Å². The first kappa shape index (κ1) is 13.7. The number of fused-ring (bicyclic) bond motifs is 1. The first-order valence-electron chi connectivity index (χ1n) is 6.30. The van der Waals surface area contributed by atoms with Crippen LogP contribution < -0.4 is 11.3 Å². The Morgan fingerprint density at radius 3 is 2.86 bits per heavy atom. The fourth-order valence-electron chi connectivity index (χ4n) is 1.95. The van der Waals surface area contributed by atoms with Gasteiger partial charge in [0, 0.05) is 17.8 Å². The fourth-order valence-corrected chi connectivity index (χ4v) is 1.95. The van der Waals surface area contributed by atoms with E-state index in [1.807, 2.05) is 6.07 Å². The number of rotatable bonds is 2. The van der Waals surface area contributed by atoms with Gasteiger partial charge in [-0.15, -0.1) is 0 Å². The van der Waals surface area contributed by atoms with E-state index < -0.39 is 12.1 Å². The van der Waals surface area contributed by atoms with Gasteiger partial charge in [-0.3, -0.25) is 10.4 Å². The Labute approximate surface area is 124 Å². The van der Waals surface area contributed by atoms with Crippen LogP contribution in [0.1, 0.15) is 10.4 Å². The Kier molecular flexibility index (Phi) is 3.50. The molecule has 8 nitrogen and oxygen atoms in total. The van der Waals surface area contributed by atoms with Crippen molar-refractivity contribution >= 4 is 23.0 Å². The second-order valence-corrected chi connectivity index (χ2v) is 4.38. The summed E-state index contributed by atoms with van der Waals surface area (Å²) in [5, 5.41) is 5.11. The van der Waals surface area contributed by atoms with Crippen molar-refractivity contribution in [2.24, 2.45) is 5.84 Å². The van der Waals surface area contributed by atoms with E-state index in [1.165, 1.54) is 6.07 Å². The molecule has 0 fully saturated rings. The SMILES string of the molecule is NNC(=O)OC(=O)c1ccc2nn(-c3cccnc3)cc2c1. The number of nitrogens with two attached hydrogens (primary N) is 1. The van der Waals surface area contributed by atoms with Crippen LogP contribution in [-0.4, -0.2) is 26.8 Å². The summed E-state index contributed by atoms with van der Waals surface area (Å²) in [5.74, 6) is 4.07. The van der Waals surface area contributed by atoms with E-state index in [2.05, 4.69) is 14.8 Å². The molecule has 22 heavy (non-hydrogen) atoms. The van der Waals surface area contributed by atoms with E-state index in [4.69, 9.17) is 5.84 Å². The van der Waals surface area contributed by atoms with Crippen LogP contribution in [0, 0.1) is 0 Å². The molecule has 2 aromatic heterocycles. The van der Waals surface area contributed by atoms with Crippen molar-refractivity contribution in [3.63, 3.8) is 0 Å². The molecule has 1 aromatic carbocycles. The summed E-state index contributed by atoms with van der Waals surface area (Å²) in [7, 11) is 0. The quantitative estimate of drug-likeness (QED) is 0.241. The molecule has 110 valence electrons. The molecule has 3 N–H and O–H groups in total. The number of carbonyl (C=O) groups excluding carboxylic acids is 2. The van der Waals surface area contributed by atoms with Gasteiger partial charge in [-0.1, -0.05) is 0 Å². The van der Waals surface area contributed by atoms with E-state index in [-0.39, 0.29) is 5.56 Å². The van der Waals surface area contributed by atoms with Crippen LogP contribution in [0.5, 0.6) is 0 Å². The smallest absolute Gasteiger partial charge is 0.372 e. The number of hydrazine groups is 1. The average Bonchev–Trinajstić information content (AvgIpc) is 2.98. The highest BCUT2D eigenvalue weighted by atomic mass is 16.6. The van der Waals surface area contributed by atoms with Crippen molar-refractivity contribution in [2.45, 2.75) is 0 Å². The number of esters is 1. The van der Waals surface area contributed by atoms with Crippen LogP contribution >= 0.6 is 0 Å². The van der Waals surface area contributed by atoms with Gasteiger partial charge in [0.2, 0.25) is 0 Å². The summed E-state index contributed by atoms with van der Waals surface area (Å²) in [6.45, 7) is 0. The van der Waals surface area contributed by atoms with Gasteiger partial charge in [0.15, 0.2) is 0 Å². The number of ether oxygens (including phenoxy) is 1. The Morgan fingerprint density at radius 2 is 2.14 bits per heavy atom. The molecule has 0 saturated heterocycles. The van der Waals surface area contributed by atoms with Crippen LogP contribution in [0.4, 0.5) is 4.79 Å². The van der Waals surface area contributed by atoms with Crippen LogP contribution in [0.25, 0.3) is 16.6 Å². The van der Waals surface area contributed by atoms with Crippen molar-refractivity contribution < 1.29 is 14.3 Å². The summed E-state index contributed by atoms with van der Waals surface area (Å²) in [6.07, 6.45) is 4.08. The normalized spacial score (nSPS) is 10.4. The second-order valence-electron chi connectivity index (χ2n) is 4.38. The minimum Gasteiger partial charge on any atom is -0.372 e. The first-order chi connectivity index (χ1) is 10.7. The molecule has 0 unspecified atom stereocenters. The number of nitrogens with zero attached hydrogens (tertiary/aromatic N) is 3.